The number of likely N-dealkylation sites (tertiary alicyclic amines) is 1. The molecule has 0 aliphatic carbocycles. The maximum atomic E-state index is 12.0. The minimum atomic E-state index is 0.0838. The molecular weight excluding hydrogens is 366 g/mol. The van der Waals surface area contributed by atoms with Gasteiger partial charge >= 0.3 is 0 Å². The van der Waals surface area contributed by atoms with Crippen LogP contribution < -0.4 is 4.90 Å². The molecule has 0 radical (unpaired) electrons. The van der Waals surface area contributed by atoms with Gasteiger partial charge in [0, 0.05) is 31.7 Å². The molecular formula is C23H33N3O3. The summed E-state index contributed by atoms with van der Waals surface area (Å²) in [5.74, 6) is 1.19. The van der Waals surface area contributed by atoms with E-state index in [0.29, 0.717) is 25.5 Å². The number of benzene rings is 1. The summed E-state index contributed by atoms with van der Waals surface area (Å²) >= 11 is 0. The van der Waals surface area contributed by atoms with E-state index in [4.69, 9.17) is 9.47 Å². The van der Waals surface area contributed by atoms with Crippen LogP contribution in [0, 0.1) is 5.92 Å². The fourth-order valence-electron chi connectivity index (χ4n) is 4.49. The van der Waals surface area contributed by atoms with E-state index in [-0.39, 0.29) is 5.78 Å². The average molecular weight is 400 g/mol. The van der Waals surface area contributed by atoms with E-state index in [0.717, 1.165) is 64.7 Å². The molecule has 0 spiro atoms. The van der Waals surface area contributed by atoms with Crippen LogP contribution in [0.4, 0.5) is 5.69 Å². The molecule has 3 aliphatic rings. The Morgan fingerprint density at radius 2 is 1.79 bits per heavy atom. The molecule has 6 nitrogen and oxygen atoms in total. The first kappa shape index (κ1) is 20.4. The molecule has 0 N–H and O–H groups in total. The van der Waals surface area contributed by atoms with Crippen molar-refractivity contribution in [1.82, 2.24) is 4.90 Å². The highest BCUT2D eigenvalue weighted by atomic mass is 16.5. The van der Waals surface area contributed by atoms with Gasteiger partial charge in [0.05, 0.1) is 19.8 Å². The van der Waals surface area contributed by atoms with E-state index in [2.05, 4.69) is 39.1 Å². The van der Waals surface area contributed by atoms with E-state index in [9.17, 15) is 4.79 Å². The number of rotatable bonds is 8. The summed E-state index contributed by atoms with van der Waals surface area (Å²) < 4.78 is 10.7. The van der Waals surface area contributed by atoms with Gasteiger partial charge < -0.3 is 14.4 Å². The molecule has 1 aromatic rings. The van der Waals surface area contributed by atoms with Crippen molar-refractivity contribution in [2.24, 2.45) is 10.9 Å². The summed E-state index contributed by atoms with van der Waals surface area (Å²) in [5, 5.41) is 0. The summed E-state index contributed by atoms with van der Waals surface area (Å²) in [6.07, 6.45) is 5.14. The van der Waals surface area contributed by atoms with Crippen LogP contribution in [0.5, 0.6) is 0 Å². The Morgan fingerprint density at radius 3 is 2.48 bits per heavy atom. The van der Waals surface area contributed by atoms with Crippen molar-refractivity contribution >= 4 is 17.4 Å². The number of piperidine rings is 1. The lowest BCUT2D eigenvalue weighted by Crippen LogP contribution is -2.36. The van der Waals surface area contributed by atoms with Crippen LogP contribution in [0.3, 0.4) is 0 Å². The average Bonchev–Trinajstić information content (AvgIpc) is 3.31. The lowest BCUT2D eigenvalue weighted by molar-refractivity contribution is -0.114. The smallest absolute Gasteiger partial charge is 0.253 e. The molecule has 29 heavy (non-hydrogen) atoms. The highest BCUT2D eigenvalue weighted by molar-refractivity contribution is 6.36. The molecule has 0 amide bonds. The molecule has 4 rings (SSSR count). The van der Waals surface area contributed by atoms with E-state index in [1.54, 1.807) is 0 Å². The number of anilines is 1. The number of carbonyl (C=O) groups excluding carboxylic acids is 1. The van der Waals surface area contributed by atoms with Crippen LogP contribution in [-0.2, 0) is 20.8 Å². The van der Waals surface area contributed by atoms with Crippen LogP contribution in [0.1, 0.15) is 37.7 Å². The van der Waals surface area contributed by atoms with Crippen LogP contribution in [-0.4, -0.2) is 69.1 Å². The normalized spacial score (nSPS) is 21.1. The first-order valence-corrected chi connectivity index (χ1v) is 11.1. The number of carbonyl (C=O) groups is 1. The summed E-state index contributed by atoms with van der Waals surface area (Å²) in [5.41, 5.74) is 2.70. The largest absolute Gasteiger partial charge is 0.473 e. The van der Waals surface area contributed by atoms with Gasteiger partial charge in [-0.3, -0.25) is 9.69 Å². The van der Waals surface area contributed by atoms with Gasteiger partial charge in [0.2, 0.25) is 5.78 Å². The number of nitrogens with zero attached hydrogens (tertiary/aromatic N) is 3. The van der Waals surface area contributed by atoms with Crippen LogP contribution in [0.25, 0.3) is 0 Å². The SMILES string of the molecule is O=C(CCCC1CCN(Cc2ccc(N3CCOCC3)cc2)CC1)C1=NCCO1. The number of hydrogen-bond acceptors (Lipinski definition) is 6. The van der Waals surface area contributed by atoms with Gasteiger partial charge in [0.25, 0.3) is 5.90 Å². The van der Waals surface area contributed by atoms with Crippen molar-refractivity contribution in [2.75, 3.05) is 57.4 Å². The maximum absolute atomic E-state index is 12.0. The second kappa shape index (κ2) is 10.2. The Kier molecular flexibility index (Phi) is 7.17. The van der Waals surface area contributed by atoms with Gasteiger partial charge in [-0.2, -0.15) is 0 Å². The fourth-order valence-corrected chi connectivity index (χ4v) is 4.49. The van der Waals surface area contributed by atoms with E-state index >= 15 is 0 Å². The molecule has 2 fully saturated rings. The quantitative estimate of drug-likeness (QED) is 0.673. The summed E-state index contributed by atoms with van der Waals surface area (Å²) in [6.45, 7) is 8.16. The summed E-state index contributed by atoms with van der Waals surface area (Å²) in [6, 6.07) is 9.05. The zero-order chi connectivity index (χ0) is 19.9. The van der Waals surface area contributed by atoms with Gasteiger partial charge in [-0.15, -0.1) is 0 Å². The van der Waals surface area contributed by atoms with Gasteiger partial charge in [0.15, 0.2) is 0 Å². The molecule has 2 saturated heterocycles. The zero-order valence-electron chi connectivity index (χ0n) is 17.4. The molecule has 0 bridgehead atoms. The third-order valence-electron chi connectivity index (χ3n) is 6.27. The van der Waals surface area contributed by atoms with Gasteiger partial charge in [-0.1, -0.05) is 12.1 Å². The van der Waals surface area contributed by atoms with Crippen LogP contribution in [0.2, 0.25) is 0 Å². The monoisotopic (exact) mass is 399 g/mol. The van der Waals surface area contributed by atoms with Gasteiger partial charge in [-0.05, 0) is 62.4 Å². The number of hydrogen-bond donors (Lipinski definition) is 0. The minimum absolute atomic E-state index is 0.0838. The highest BCUT2D eigenvalue weighted by Crippen LogP contribution is 2.24. The minimum Gasteiger partial charge on any atom is -0.473 e. The van der Waals surface area contributed by atoms with Crippen LogP contribution in [0.15, 0.2) is 29.3 Å². The third-order valence-corrected chi connectivity index (χ3v) is 6.27. The van der Waals surface area contributed by atoms with E-state index < -0.39 is 0 Å². The second-order valence-electron chi connectivity index (χ2n) is 8.34. The molecule has 1 aromatic carbocycles. The van der Waals surface area contributed by atoms with Crippen molar-refractivity contribution < 1.29 is 14.3 Å². The molecule has 3 heterocycles. The Bertz CT molecular complexity index is 690. The Labute approximate surface area is 173 Å². The predicted molar refractivity (Wildman–Crippen MR) is 115 cm³/mol. The van der Waals surface area contributed by atoms with Crippen molar-refractivity contribution in [2.45, 2.75) is 38.6 Å². The number of Topliss-reactive ketones (excluding diaryl/α,β-unsaturated/α-hetero) is 1. The number of ketones is 1. The third kappa shape index (κ3) is 5.80. The summed E-state index contributed by atoms with van der Waals surface area (Å²) in [7, 11) is 0. The molecule has 0 aromatic heterocycles. The highest BCUT2D eigenvalue weighted by Gasteiger charge is 2.21. The second-order valence-corrected chi connectivity index (χ2v) is 8.34. The fraction of sp³-hybridized carbons (Fsp3) is 0.652. The van der Waals surface area contributed by atoms with E-state index in [1.165, 1.54) is 24.1 Å². The molecule has 0 saturated carbocycles. The van der Waals surface area contributed by atoms with Crippen LogP contribution >= 0.6 is 0 Å². The maximum Gasteiger partial charge on any atom is 0.253 e. The molecule has 0 atom stereocenters. The molecule has 0 unspecified atom stereocenters. The lowest BCUT2D eigenvalue weighted by Gasteiger charge is -2.32. The lowest BCUT2D eigenvalue weighted by atomic mass is 9.91. The Balaban J connectivity index is 1.15. The van der Waals surface area contributed by atoms with Crippen molar-refractivity contribution in [1.29, 1.82) is 0 Å². The Morgan fingerprint density at radius 1 is 1.03 bits per heavy atom. The molecule has 3 aliphatic heterocycles. The molecule has 6 heteroatoms. The number of morpholine rings is 1. The standard InChI is InChI=1S/C23H33N3O3/c27-22(23-24-10-15-29-23)3-1-2-19-8-11-25(12-9-19)18-20-4-6-21(7-5-20)26-13-16-28-17-14-26/h4-7,19H,1-3,8-18H2. The molecule has 158 valence electrons. The predicted octanol–water partition coefficient (Wildman–Crippen LogP) is 2.90. The first-order valence-electron chi connectivity index (χ1n) is 11.1. The van der Waals surface area contributed by atoms with E-state index in [1.807, 2.05) is 0 Å². The zero-order valence-corrected chi connectivity index (χ0v) is 17.4. The number of aliphatic imine (C=N–C) groups is 1. The Hall–Kier alpha value is -1.92. The van der Waals surface area contributed by atoms with Crippen molar-refractivity contribution in [3.05, 3.63) is 29.8 Å². The van der Waals surface area contributed by atoms with Crippen molar-refractivity contribution in [3.8, 4) is 0 Å². The van der Waals surface area contributed by atoms with Crippen molar-refractivity contribution in [3.63, 3.8) is 0 Å². The summed E-state index contributed by atoms with van der Waals surface area (Å²) in [4.78, 5) is 21.1. The van der Waals surface area contributed by atoms with Gasteiger partial charge in [-0.25, -0.2) is 4.99 Å². The topological polar surface area (TPSA) is 54.4 Å². The first-order chi connectivity index (χ1) is 14.3. The van der Waals surface area contributed by atoms with Gasteiger partial charge in [0.1, 0.15) is 6.61 Å². The number of ether oxygens (including phenoxy) is 2.